The van der Waals surface area contributed by atoms with Crippen molar-refractivity contribution in [3.8, 4) is 5.75 Å². The maximum absolute atomic E-state index is 12.6. The first-order valence-corrected chi connectivity index (χ1v) is 8.22. The number of para-hydroxylation sites is 1. The number of carbonyl (C=O) groups is 1. The summed E-state index contributed by atoms with van der Waals surface area (Å²) in [5.41, 5.74) is 2.34. The van der Waals surface area contributed by atoms with E-state index < -0.39 is 6.10 Å². The number of amides is 1. The zero-order valence-electron chi connectivity index (χ0n) is 14.1. The van der Waals surface area contributed by atoms with Crippen molar-refractivity contribution >= 4 is 5.91 Å². The summed E-state index contributed by atoms with van der Waals surface area (Å²) in [5, 5.41) is 3.11. The van der Waals surface area contributed by atoms with Gasteiger partial charge in [0.2, 0.25) is 0 Å². The molecule has 2 unspecified atom stereocenters. The van der Waals surface area contributed by atoms with E-state index in [2.05, 4.69) is 43.4 Å². The molecule has 0 saturated carbocycles. The van der Waals surface area contributed by atoms with Crippen molar-refractivity contribution in [1.82, 2.24) is 5.32 Å². The molecule has 3 nitrogen and oxygen atoms in total. The van der Waals surface area contributed by atoms with E-state index in [-0.39, 0.29) is 11.9 Å². The first-order chi connectivity index (χ1) is 11.1. The van der Waals surface area contributed by atoms with E-state index in [1.54, 1.807) is 0 Å². The maximum Gasteiger partial charge on any atom is 0.261 e. The van der Waals surface area contributed by atoms with Crippen LogP contribution in [0.1, 0.15) is 43.9 Å². The number of ether oxygens (including phenoxy) is 1. The van der Waals surface area contributed by atoms with Crippen LogP contribution in [0.25, 0.3) is 0 Å². The molecule has 0 heterocycles. The summed E-state index contributed by atoms with van der Waals surface area (Å²) in [6.07, 6.45) is 0.999. The molecule has 1 amide bonds. The van der Waals surface area contributed by atoms with Crippen molar-refractivity contribution in [2.75, 3.05) is 0 Å². The average molecular weight is 311 g/mol. The van der Waals surface area contributed by atoms with E-state index in [1.165, 1.54) is 5.56 Å². The van der Waals surface area contributed by atoms with Crippen LogP contribution in [0.5, 0.6) is 5.75 Å². The second kappa shape index (κ2) is 8.37. The minimum Gasteiger partial charge on any atom is -0.481 e. The monoisotopic (exact) mass is 311 g/mol. The number of hydrogen-bond acceptors (Lipinski definition) is 2. The minimum absolute atomic E-state index is 0.0107. The molecule has 1 N–H and O–H groups in total. The van der Waals surface area contributed by atoms with Crippen molar-refractivity contribution in [2.24, 2.45) is 0 Å². The summed E-state index contributed by atoms with van der Waals surface area (Å²) in [6.45, 7) is 6.09. The van der Waals surface area contributed by atoms with Crippen molar-refractivity contribution in [1.29, 1.82) is 0 Å². The molecule has 0 radical (unpaired) electrons. The van der Waals surface area contributed by atoms with Gasteiger partial charge in [0, 0.05) is 0 Å². The zero-order valence-corrected chi connectivity index (χ0v) is 14.1. The Kier molecular flexibility index (Phi) is 6.21. The Bertz CT molecular complexity index is 607. The molecule has 23 heavy (non-hydrogen) atoms. The van der Waals surface area contributed by atoms with Gasteiger partial charge in [0.15, 0.2) is 6.10 Å². The van der Waals surface area contributed by atoms with Crippen LogP contribution in [0.2, 0.25) is 0 Å². The predicted molar refractivity (Wildman–Crippen MR) is 93.5 cm³/mol. The SMILES string of the molecule is CCC(Oc1ccccc1)C(=O)NC(CC)c1ccc(C)cc1. The molecule has 0 fully saturated rings. The molecule has 2 atom stereocenters. The van der Waals surface area contributed by atoms with Crippen LogP contribution in [0.15, 0.2) is 54.6 Å². The Balaban J connectivity index is 2.03. The second-order valence-corrected chi connectivity index (χ2v) is 5.71. The molecule has 0 bridgehead atoms. The fourth-order valence-electron chi connectivity index (χ4n) is 2.47. The Morgan fingerprint density at radius 1 is 1.00 bits per heavy atom. The van der Waals surface area contributed by atoms with Gasteiger partial charge in [-0.3, -0.25) is 4.79 Å². The molecule has 2 rings (SSSR count). The van der Waals surface area contributed by atoms with Crippen molar-refractivity contribution in [2.45, 2.75) is 45.8 Å². The van der Waals surface area contributed by atoms with Crippen LogP contribution in [0, 0.1) is 6.92 Å². The van der Waals surface area contributed by atoms with Crippen molar-refractivity contribution in [3.05, 3.63) is 65.7 Å². The Labute approximate surface area is 138 Å². The summed E-state index contributed by atoms with van der Waals surface area (Å²) in [5.74, 6) is 0.654. The Morgan fingerprint density at radius 2 is 1.65 bits per heavy atom. The molecule has 2 aromatic carbocycles. The summed E-state index contributed by atoms with van der Waals surface area (Å²) < 4.78 is 5.81. The van der Waals surface area contributed by atoms with E-state index in [1.807, 2.05) is 37.3 Å². The molecule has 0 saturated heterocycles. The van der Waals surface area contributed by atoms with Crippen molar-refractivity contribution in [3.63, 3.8) is 0 Å². The summed E-state index contributed by atoms with van der Waals surface area (Å²) in [6, 6.07) is 17.8. The van der Waals surface area contributed by atoms with E-state index in [0.29, 0.717) is 6.42 Å². The number of rotatable bonds is 7. The van der Waals surface area contributed by atoms with E-state index >= 15 is 0 Å². The lowest BCUT2D eigenvalue weighted by Gasteiger charge is -2.22. The standard InChI is InChI=1S/C20H25NO2/c1-4-18(16-13-11-15(3)12-14-16)21-20(22)19(5-2)23-17-9-7-6-8-10-17/h6-14,18-19H,4-5H2,1-3H3,(H,21,22). The highest BCUT2D eigenvalue weighted by molar-refractivity contribution is 5.81. The Morgan fingerprint density at radius 3 is 2.22 bits per heavy atom. The summed E-state index contributed by atoms with van der Waals surface area (Å²) in [4.78, 5) is 12.6. The van der Waals surface area contributed by atoms with Crippen molar-refractivity contribution < 1.29 is 9.53 Å². The lowest BCUT2D eigenvalue weighted by Crippen LogP contribution is -2.39. The lowest BCUT2D eigenvalue weighted by atomic mass is 10.0. The third-order valence-electron chi connectivity index (χ3n) is 3.89. The molecule has 3 heteroatoms. The van der Waals surface area contributed by atoms with Crippen LogP contribution < -0.4 is 10.1 Å². The highest BCUT2D eigenvalue weighted by atomic mass is 16.5. The van der Waals surface area contributed by atoms with Gasteiger partial charge in [0.1, 0.15) is 5.75 Å². The molecule has 2 aromatic rings. The first-order valence-electron chi connectivity index (χ1n) is 8.22. The van der Waals surface area contributed by atoms with Crippen LogP contribution in [-0.4, -0.2) is 12.0 Å². The topological polar surface area (TPSA) is 38.3 Å². The first kappa shape index (κ1) is 17.1. The maximum atomic E-state index is 12.6. The van der Waals surface area contributed by atoms with Crippen LogP contribution in [0.3, 0.4) is 0 Å². The van der Waals surface area contributed by atoms with Gasteiger partial charge < -0.3 is 10.1 Å². The van der Waals surface area contributed by atoms with Crippen LogP contribution in [-0.2, 0) is 4.79 Å². The Hall–Kier alpha value is -2.29. The van der Waals surface area contributed by atoms with Gasteiger partial charge >= 0.3 is 0 Å². The number of carbonyl (C=O) groups excluding carboxylic acids is 1. The van der Waals surface area contributed by atoms with Gasteiger partial charge in [0.05, 0.1) is 6.04 Å². The average Bonchev–Trinajstić information content (AvgIpc) is 2.59. The van der Waals surface area contributed by atoms with Gasteiger partial charge in [-0.15, -0.1) is 0 Å². The fraction of sp³-hybridized carbons (Fsp3) is 0.350. The number of benzene rings is 2. The van der Waals surface area contributed by atoms with E-state index in [4.69, 9.17) is 4.74 Å². The normalized spacial score (nSPS) is 13.2. The van der Waals surface area contributed by atoms with Gasteiger partial charge in [-0.2, -0.15) is 0 Å². The van der Waals surface area contributed by atoms with Gasteiger partial charge in [-0.25, -0.2) is 0 Å². The van der Waals surface area contributed by atoms with E-state index in [0.717, 1.165) is 17.7 Å². The summed E-state index contributed by atoms with van der Waals surface area (Å²) >= 11 is 0. The van der Waals surface area contributed by atoms with Crippen LogP contribution in [0.4, 0.5) is 0 Å². The summed E-state index contributed by atoms with van der Waals surface area (Å²) in [7, 11) is 0. The number of aryl methyl sites for hydroxylation is 1. The second-order valence-electron chi connectivity index (χ2n) is 5.71. The van der Waals surface area contributed by atoms with Gasteiger partial charge in [-0.1, -0.05) is 61.9 Å². The highest BCUT2D eigenvalue weighted by Crippen LogP contribution is 2.19. The van der Waals surface area contributed by atoms with Crippen LogP contribution >= 0.6 is 0 Å². The molecular weight excluding hydrogens is 286 g/mol. The van der Waals surface area contributed by atoms with Gasteiger partial charge in [-0.05, 0) is 37.5 Å². The molecule has 0 spiro atoms. The molecule has 122 valence electrons. The molecule has 0 aliphatic rings. The quantitative estimate of drug-likeness (QED) is 0.822. The zero-order chi connectivity index (χ0) is 16.7. The number of nitrogens with one attached hydrogen (secondary N) is 1. The molecule has 0 aliphatic carbocycles. The number of hydrogen-bond donors (Lipinski definition) is 1. The minimum atomic E-state index is -0.475. The lowest BCUT2D eigenvalue weighted by molar-refractivity contribution is -0.128. The molecule has 0 aromatic heterocycles. The van der Waals surface area contributed by atoms with Gasteiger partial charge in [0.25, 0.3) is 5.91 Å². The highest BCUT2D eigenvalue weighted by Gasteiger charge is 2.21. The smallest absolute Gasteiger partial charge is 0.261 e. The largest absolute Gasteiger partial charge is 0.481 e. The third-order valence-corrected chi connectivity index (χ3v) is 3.89. The third kappa shape index (κ3) is 4.85. The molecule has 0 aliphatic heterocycles. The fourth-order valence-corrected chi connectivity index (χ4v) is 2.47. The predicted octanol–water partition coefficient (Wildman–Crippen LogP) is 4.42. The van der Waals surface area contributed by atoms with E-state index in [9.17, 15) is 4.79 Å². The molecular formula is C20H25NO2.